The van der Waals surface area contributed by atoms with Crippen molar-refractivity contribution in [2.24, 2.45) is 11.1 Å². The largest absolute Gasteiger partial charge is 0.457 e. The first kappa shape index (κ1) is 30.4. The van der Waals surface area contributed by atoms with Crippen LogP contribution in [0.15, 0.2) is 60.8 Å². The van der Waals surface area contributed by atoms with E-state index in [0.717, 1.165) is 26.1 Å². The van der Waals surface area contributed by atoms with Gasteiger partial charge in [-0.1, -0.05) is 13.8 Å². The molecule has 0 saturated heterocycles. The van der Waals surface area contributed by atoms with E-state index in [9.17, 15) is 18.8 Å². The number of halogens is 1. The number of anilines is 3. The van der Waals surface area contributed by atoms with Gasteiger partial charge in [-0.25, -0.2) is 14.2 Å². The summed E-state index contributed by atoms with van der Waals surface area (Å²) in [6.45, 7) is 9.44. The molecule has 0 spiro atoms. The van der Waals surface area contributed by atoms with Crippen molar-refractivity contribution in [1.29, 1.82) is 0 Å². The maximum atomic E-state index is 13.6. The molecule has 1 aliphatic rings. The molecule has 0 unspecified atom stereocenters. The lowest BCUT2D eigenvalue weighted by atomic mass is 10.0. The number of urea groups is 1. The molecule has 222 valence electrons. The van der Waals surface area contributed by atoms with E-state index in [1.54, 1.807) is 30.3 Å². The van der Waals surface area contributed by atoms with Crippen LogP contribution in [0.1, 0.15) is 38.7 Å². The summed E-state index contributed by atoms with van der Waals surface area (Å²) >= 11 is 0. The zero-order valence-corrected chi connectivity index (χ0v) is 24.2. The second-order valence-corrected chi connectivity index (χ2v) is 10.3. The van der Waals surface area contributed by atoms with Gasteiger partial charge in [-0.3, -0.25) is 19.8 Å². The number of primary amides is 1. The highest BCUT2D eigenvalue weighted by atomic mass is 19.1. The molecule has 0 radical (unpaired) electrons. The topological polar surface area (TPSA) is 130 Å². The molecular formula is C31H37FN6O4. The molecule has 10 nitrogen and oxygen atoms in total. The molecule has 2 aromatic carbocycles. The monoisotopic (exact) mass is 576 g/mol. The first-order chi connectivity index (χ1) is 20.2. The Bertz CT molecular complexity index is 1420. The standard InChI is InChI=1S/C31H37FN6O4/c1-4-37(5-2)18-6-16-35-30(41)36-27-20-25(13-17-34-27)42-26-12-11-24(19-21(26)3)38(23-9-7-22(32)8-10-23)29(40)31(14-15-31)28(33)39/h7-13,17,19-20H,4-6,14-16,18H2,1-3H3,(H2,33,39)(H2,34,35,36,41). The van der Waals surface area contributed by atoms with Gasteiger partial charge in [0.05, 0.1) is 0 Å². The van der Waals surface area contributed by atoms with Crippen molar-refractivity contribution < 1.29 is 23.5 Å². The summed E-state index contributed by atoms with van der Waals surface area (Å²) in [5.41, 5.74) is 5.92. The van der Waals surface area contributed by atoms with Crippen molar-refractivity contribution in [3.05, 3.63) is 72.2 Å². The van der Waals surface area contributed by atoms with E-state index in [1.807, 2.05) is 6.92 Å². The maximum absolute atomic E-state index is 13.6. The van der Waals surface area contributed by atoms with Crippen molar-refractivity contribution in [2.75, 3.05) is 36.4 Å². The quantitative estimate of drug-likeness (QED) is 0.192. The predicted octanol–water partition coefficient (Wildman–Crippen LogP) is 5.11. The molecule has 1 saturated carbocycles. The van der Waals surface area contributed by atoms with Gasteiger partial charge in [0.15, 0.2) is 0 Å². The average Bonchev–Trinajstić information content (AvgIpc) is 3.78. The van der Waals surface area contributed by atoms with Gasteiger partial charge >= 0.3 is 6.03 Å². The molecule has 42 heavy (non-hydrogen) atoms. The number of carbonyl (C=O) groups is 3. The normalized spacial score (nSPS) is 13.4. The summed E-state index contributed by atoms with van der Waals surface area (Å²) in [6.07, 6.45) is 3.11. The molecule has 4 rings (SSSR count). The van der Waals surface area contributed by atoms with Crippen molar-refractivity contribution >= 4 is 35.0 Å². The van der Waals surface area contributed by atoms with Crippen molar-refractivity contribution in [3.8, 4) is 11.5 Å². The van der Waals surface area contributed by atoms with Gasteiger partial charge in [0.1, 0.15) is 28.5 Å². The predicted molar refractivity (Wildman–Crippen MR) is 159 cm³/mol. The van der Waals surface area contributed by atoms with E-state index >= 15 is 0 Å². The lowest BCUT2D eigenvalue weighted by Crippen LogP contribution is -2.41. The molecule has 0 bridgehead atoms. The van der Waals surface area contributed by atoms with E-state index in [4.69, 9.17) is 10.5 Å². The van der Waals surface area contributed by atoms with Crippen LogP contribution >= 0.6 is 0 Å². The van der Waals surface area contributed by atoms with E-state index in [1.165, 1.54) is 35.4 Å². The second-order valence-electron chi connectivity index (χ2n) is 10.3. The Labute approximate surface area is 245 Å². The van der Waals surface area contributed by atoms with Crippen molar-refractivity contribution in [1.82, 2.24) is 15.2 Å². The number of nitrogens with one attached hydrogen (secondary N) is 2. The van der Waals surface area contributed by atoms with Gasteiger partial charge < -0.3 is 20.7 Å². The van der Waals surface area contributed by atoms with Crippen LogP contribution in [0.2, 0.25) is 0 Å². The molecule has 1 aromatic heterocycles. The number of aryl methyl sites for hydroxylation is 1. The minimum Gasteiger partial charge on any atom is -0.457 e. The summed E-state index contributed by atoms with van der Waals surface area (Å²) in [7, 11) is 0. The number of hydrogen-bond acceptors (Lipinski definition) is 6. The van der Waals surface area contributed by atoms with Crippen LogP contribution in [0, 0.1) is 18.2 Å². The number of nitrogens with two attached hydrogens (primary N) is 1. The van der Waals surface area contributed by atoms with Gasteiger partial charge in [0.25, 0.3) is 0 Å². The molecule has 4 amide bonds. The third-order valence-corrected chi connectivity index (χ3v) is 7.37. The highest BCUT2D eigenvalue weighted by Gasteiger charge is 2.57. The Morgan fingerprint density at radius 2 is 1.71 bits per heavy atom. The minimum atomic E-state index is -1.27. The number of benzene rings is 2. The average molecular weight is 577 g/mol. The van der Waals surface area contributed by atoms with Gasteiger partial charge in [0, 0.05) is 30.2 Å². The molecule has 4 N–H and O–H groups in total. The van der Waals surface area contributed by atoms with Crippen LogP contribution in [0.5, 0.6) is 11.5 Å². The number of carbonyl (C=O) groups excluding carboxylic acids is 3. The molecule has 1 fully saturated rings. The number of hydrogen-bond donors (Lipinski definition) is 3. The number of amides is 4. The Balaban J connectivity index is 1.45. The Morgan fingerprint density at radius 1 is 1.02 bits per heavy atom. The zero-order valence-electron chi connectivity index (χ0n) is 24.2. The molecule has 1 heterocycles. The van der Waals surface area contributed by atoms with E-state index < -0.39 is 23.0 Å². The highest BCUT2D eigenvalue weighted by molar-refractivity contribution is 6.16. The van der Waals surface area contributed by atoms with E-state index in [2.05, 4.69) is 34.4 Å². The summed E-state index contributed by atoms with van der Waals surface area (Å²) in [5.74, 6) is -0.273. The number of rotatable bonds is 13. The first-order valence-corrected chi connectivity index (χ1v) is 14.1. The fourth-order valence-electron chi connectivity index (χ4n) is 4.64. The summed E-state index contributed by atoms with van der Waals surface area (Å²) < 4.78 is 19.7. The smallest absolute Gasteiger partial charge is 0.320 e. The van der Waals surface area contributed by atoms with Crippen LogP contribution in [-0.2, 0) is 9.59 Å². The second kappa shape index (κ2) is 13.4. The molecule has 0 atom stereocenters. The zero-order chi connectivity index (χ0) is 30.3. The molecule has 3 aromatic rings. The molecular weight excluding hydrogens is 539 g/mol. The lowest BCUT2D eigenvalue weighted by Gasteiger charge is -2.27. The lowest BCUT2D eigenvalue weighted by molar-refractivity contribution is -0.133. The number of aromatic nitrogens is 1. The van der Waals surface area contributed by atoms with Crippen LogP contribution < -0.4 is 26.0 Å². The van der Waals surface area contributed by atoms with Crippen LogP contribution in [0.3, 0.4) is 0 Å². The van der Waals surface area contributed by atoms with Gasteiger partial charge in [-0.15, -0.1) is 0 Å². The number of pyridine rings is 1. The Morgan fingerprint density at radius 3 is 2.33 bits per heavy atom. The summed E-state index contributed by atoms with van der Waals surface area (Å²) in [6, 6.07) is 13.5. The maximum Gasteiger partial charge on any atom is 0.320 e. The molecule has 1 aliphatic carbocycles. The number of nitrogens with zero attached hydrogens (tertiary/aromatic N) is 3. The summed E-state index contributed by atoms with van der Waals surface area (Å²) in [5, 5.41) is 5.56. The molecule has 0 aliphatic heterocycles. The first-order valence-electron chi connectivity index (χ1n) is 14.1. The fraction of sp³-hybridized carbons (Fsp3) is 0.355. The molecule has 11 heteroatoms. The van der Waals surface area contributed by atoms with Crippen LogP contribution in [0.4, 0.5) is 26.4 Å². The third-order valence-electron chi connectivity index (χ3n) is 7.37. The van der Waals surface area contributed by atoms with Crippen molar-refractivity contribution in [2.45, 2.75) is 40.0 Å². The summed E-state index contributed by atoms with van der Waals surface area (Å²) in [4.78, 5) is 45.9. The van der Waals surface area contributed by atoms with Crippen LogP contribution in [0.25, 0.3) is 0 Å². The van der Waals surface area contributed by atoms with Gasteiger partial charge in [0.2, 0.25) is 11.8 Å². The number of ether oxygens (including phenoxy) is 1. The highest BCUT2D eigenvalue weighted by Crippen LogP contribution is 2.49. The van der Waals surface area contributed by atoms with Crippen molar-refractivity contribution in [3.63, 3.8) is 0 Å². The van der Waals surface area contributed by atoms with Gasteiger partial charge in [-0.05, 0) is 99.9 Å². The van der Waals surface area contributed by atoms with Crippen LogP contribution in [-0.4, -0.2) is 53.9 Å². The van der Waals surface area contributed by atoms with E-state index in [-0.39, 0.29) is 6.03 Å². The van der Waals surface area contributed by atoms with E-state index in [0.29, 0.717) is 53.6 Å². The van der Waals surface area contributed by atoms with Gasteiger partial charge in [-0.2, -0.15) is 0 Å². The Hall–Kier alpha value is -4.51. The minimum absolute atomic E-state index is 0.331. The Kier molecular flexibility index (Phi) is 9.74. The fourth-order valence-corrected chi connectivity index (χ4v) is 4.64. The SMILES string of the molecule is CCN(CC)CCCNC(=O)Nc1cc(Oc2ccc(N(C(=O)C3(C(N)=O)CC3)c3ccc(F)cc3)cc2C)ccn1. The third kappa shape index (κ3) is 7.22.